The maximum absolute atomic E-state index is 11.4. The third-order valence-electron chi connectivity index (χ3n) is 2.32. The predicted octanol–water partition coefficient (Wildman–Crippen LogP) is 0.111. The van der Waals surface area contributed by atoms with Gasteiger partial charge in [-0.3, -0.25) is 20.3 Å². The summed E-state index contributed by atoms with van der Waals surface area (Å²) in [7, 11) is 0. The maximum atomic E-state index is 11.4. The van der Waals surface area contributed by atoms with Gasteiger partial charge in [0.2, 0.25) is 11.8 Å². The van der Waals surface area contributed by atoms with Crippen LogP contribution in [0.3, 0.4) is 0 Å². The van der Waals surface area contributed by atoms with E-state index in [0.29, 0.717) is 18.7 Å². The SMILES string of the molecule is CCC(=N)N1CC(=O)NC(=O)C1CC. The molecule has 14 heavy (non-hydrogen) atoms. The van der Waals surface area contributed by atoms with Gasteiger partial charge in [0.1, 0.15) is 6.04 Å². The number of nitrogens with zero attached hydrogens (tertiary/aromatic N) is 1. The van der Waals surface area contributed by atoms with Crippen LogP contribution in [0.5, 0.6) is 0 Å². The predicted molar refractivity (Wildman–Crippen MR) is 52.0 cm³/mol. The summed E-state index contributed by atoms with van der Waals surface area (Å²) in [5, 5.41) is 9.91. The van der Waals surface area contributed by atoms with Crippen molar-refractivity contribution in [2.45, 2.75) is 32.7 Å². The number of hydrogen-bond donors (Lipinski definition) is 2. The monoisotopic (exact) mass is 197 g/mol. The van der Waals surface area contributed by atoms with Crippen LogP contribution >= 0.6 is 0 Å². The molecule has 0 aromatic carbocycles. The molecular formula is C9H15N3O2. The number of amidine groups is 1. The van der Waals surface area contributed by atoms with E-state index in [1.165, 1.54) is 0 Å². The Bertz CT molecular complexity index is 275. The van der Waals surface area contributed by atoms with Crippen LogP contribution < -0.4 is 5.32 Å². The molecule has 0 aromatic rings. The van der Waals surface area contributed by atoms with Gasteiger partial charge in [0.05, 0.1) is 12.4 Å². The first-order chi connectivity index (χ1) is 6.60. The lowest BCUT2D eigenvalue weighted by molar-refractivity contribution is -0.137. The van der Waals surface area contributed by atoms with Crippen LogP contribution in [0.25, 0.3) is 0 Å². The second kappa shape index (κ2) is 4.21. The van der Waals surface area contributed by atoms with Crippen LogP contribution in [0.1, 0.15) is 26.7 Å². The first-order valence-corrected chi connectivity index (χ1v) is 4.77. The quantitative estimate of drug-likeness (QED) is 0.375. The molecule has 0 radical (unpaired) electrons. The smallest absolute Gasteiger partial charge is 0.249 e. The van der Waals surface area contributed by atoms with Crippen LogP contribution in [0.4, 0.5) is 0 Å². The molecule has 1 aliphatic rings. The molecular weight excluding hydrogens is 182 g/mol. The number of imide groups is 1. The average Bonchev–Trinajstić information content (AvgIpc) is 2.15. The number of carbonyl (C=O) groups excluding carboxylic acids is 2. The van der Waals surface area contributed by atoms with E-state index in [1.54, 1.807) is 4.90 Å². The van der Waals surface area contributed by atoms with Crippen molar-refractivity contribution in [2.75, 3.05) is 6.54 Å². The van der Waals surface area contributed by atoms with E-state index >= 15 is 0 Å². The van der Waals surface area contributed by atoms with Gasteiger partial charge in [0, 0.05) is 6.42 Å². The second-order valence-electron chi connectivity index (χ2n) is 3.26. The zero-order valence-electron chi connectivity index (χ0n) is 8.46. The Morgan fingerprint density at radius 3 is 2.71 bits per heavy atom. The number of nitrogens with one attached hydrogen (secondary N) is 2. The lowest BCUT2D eigenvalue weighted by Gasteiger charge is -2.34. The molecule has 5 nitrogen and oxygen atoms in total. The average molecular weight is 197 g/mol. The van der Waals surface area contributed by atoms with Gasteiger partial charge in [0.15, 0.2) is 0 Å². The fraction of sp³-hybridized carbons (Fsp3) is 0.667. The zero-order valence-corrected chi connectivity index (χ0v) is 8.46. The second-order valence-corrected chi connectivity index (χ2v) is 3.26. The molecule has 1 fully saturated rings. The van der Waals surface area contributed by atoms with Crippen LogP contribution in [0.2, 0.25) is 0 Å². The summed E-state index contributed by atoms with van der Waals surface area (Å²) in [5.74, 6) is -0.264. The van der Waals surface area contributed by atoms with Crippen LogP contribution in [-0.2, 0) is 9.59 Å². The highest BCUT2D eigenvalue weighted by molar-refractivity contribution is 6.04. The Balaban J connectivity index is 2.83. The molecule has 1 heterocycles. The van der Waals surface area contributed by atoms with Crippen molar-refractivity contribution >= 4 is 17.6 Å². The Morgan fingerprint density at radius 1 is 1.57 bits per heavy atom. The van der Waals surface area contributed by atoms with Gasteiger partial charge in [-0.15, -0.1) is 0 Å². The van der Waals surface area contributed by atoms with E-state index in [1.807, 2.05) is 13.8 Å². The minimum atomic E-state index is -0.361. The van der Waals surface area contributed by atoms with Crippen LogP contribution in [0, 0.1) is 5.41 Å². The Labute approximate surface area is 83.0 Å². The van der Waals surface area contributed by atoms with Crippen molar-refractivity contribution in [3.63, 3.8) is 0 Å². The minimum absolute atomic E-state index is 0.122. The summed E-state index contributed by atoms with van der Waals surface area (Å²) < 4.78 is 0. The summed E-state index contributed by atoms with van der Waals surface area (Å²) in [5.41, 5.74) is 0. The minimum Gasteiger partial charge on any atom is -0.339 e. The third kappa shape index (κ3) is 1.92. The number of carbonyl (C=O) groups is 2. The first-order valence-electron chi connectivity index (χ1n) is 4.77. The third-order valence-corrected chi connectivity index (χ3v) is 2.32. The molecule has 0 aromatic heterocycles. The van der Waals surface area contributed by atoms with Gasteiger partial charge in [-0.05, 0) is 6.42 Å². The van der Waals surface area contributed by atoms with E-state index < -0.39 is 0 Å². The summed E-state index contributed by atoms with van der Waals surface area (Å²) >= 11 is 0. The van der Waals surface area contributed by atoms with E-state index in [0.717, 1.165) is 0 Å². The van der Waals surface area contributed by atoms with Crippen LogP contribution in [-0.4, -0.2) is 35.1 Å². The van der Waals surface area contributed by atoms with Gasteiger partial charge >= 0.3 is 0 Å². The van der Waals surface area contributed by atoms with Crippen molar-refractivity contribution in [2.24, 2.45) is 0 Å². The molecule has 1 aliphatic heterocycles. The van der Waals surface area contributed by atoms with Gasteiger partial charge in [-0.25, -0.2) is 0 Å². The number of amides is 2. The summed E-state index contributed by atoms with van der Waals surface area (Å²) in [6, 6.07) is -0.361. The van der Waals surface area contributed by atoms with E-state index in [-0.39, 0.29) is 24.4 Å². The number of rotatable bonds is 2. The maximum Gasteiger partial charge on any atom is 0.249 e. The Kier molecular flexibility index (Phi) is 3.22. The molecule has 0 spiro atoms. The molecule has 1 rings (SSSR count). The molecule has 1 unspecified atom stereocenters. The molecule has 2 N–H and O–H groups in total. The number of hydrogen-bond acceptors (Lipinski definition) is 3. The topological polar surface area (TPSA) is 73.3 Å². The van der Waals surface area contributed by atoms with Gasteiger partial charge in [-0.1, -0.05) is 13.8 Å². The Hall–Kier alpha value is -1.39. The fourth-order valence-corrected chi connectivity index (χ4v) is 1.56. The van der Waals surface area contributed by atoms with Crippen molar-refractivity contribution in [1.82, 2.24) is 10.2 Å². The Morgan fingerprint density at radius 2 is 2.21 bits per heavy atom. The molecule has 2 amide bonds. The van der Waals surface area contributed by atoms with Crippen LogP contribution in [0.15, 0.2) is 0 Å². The van der Waals surface area contributed by atoms with E-state index in [2.05, 4.69) is 5.32 Å². The molecule has 0 aliphatic carbocycles. The van der Waals surface area contributed by atoms with Gasteiger partial charge in [-0.2, -0.15) is 0 Å². The van der Waals surface area contributed by atoms with Gasteiger partial charge < -0.3 is 4.90 Å². The molecule has 0 saturated carbocycles. The van der Waals surface area contributed by atoms with Crippen molar-refractivity contribution in [3.8, 4) is 0 Å². The highest BCUT2D eigenvalue weighted by atomic mass is 16.2. The van der Waals surface area contributed by atoms with E-state index in [4.69, 9.17) is 5.41 Å². The van der Waals surface area contributed by atoms with E-state index in [9.17, 15) is 9.59 Å². The van der Waals surface area contributed by atoms with Crippen molar-refractivity contribution < 1.29 is 9.59 Å². The molecule has 1 atom stereocenters. The molecule has 1 saturated heterocycles. The molecule has 5 heteroatoms. The summed E-state index contributed by atoms with van der Waals surface area (Å²) in [6.45, 7) is 3.83. The molecule has 78 valence electrons. The largest absolute Gasteiger partial charge is 0.339 e. The highest BCUT2D eigenvalue weighted by Crippen LogP contribution is 2.10. The highest BCUT2D eigenvalue weighted by Gasteiger charge is 2.33. The summed E-state index contributed by atoms with van der Waals surface area (Å²) in [6.07, 6.45) is 1.15. The lowest BCUT2D eigenvalue weighted by Crippen LogP contribution is -2.59. The lowest BCUT2D eigenvalue weighted by atomic mass is 10.1. The first kappa shape index (κ1) is 10.7. The fourth-order valence-electron chi connectivity index (χ4n) is 1.56. The normalized spacial score (nSPS) is 22.1. The molecule has 0 bridgehead atoms. The van der Waals surface area contributed by atoms with Crippen molar-refractivity contribution in [1.29, 1.82) is 5.41 Å². The number of piperazine rings is 1. The summed E-state index contributed by atoms with van der Waals surface area (Å²) in [4.78, 5) is 24.1. The van der Waals surface area contributed by atoms with Gasteiger partial charge in [0.25, 0.3) is 0 Å². The van der Waals surface area contributed by atoms with Crippen molar-refractivity contribution in [3.05, 3.63) is 0 Å². The zero-order chi connectivity index (χ0) is 10.7. The standard InChI is InChI=1S/C9H15N3O2/c1-3-6-9(14)11-8(13)5-12(6)7(10)4-2/h6,10H,3-5H2,1-2H3,(H,11,13,14).